The lowest BCUT2D eigenvalue weighted by atomic mass is 9.89. The molecule has 0 radical (unpaired) electrons. The number of ether oxygens (including phenoxy) is 2. The Labute approximate surface area is 110 Å². The molecule has 0 amide bonds. The quantitative estimate of drug-likeness (QED) is 0.464. The standard InChI is InChI=1S/C15H24O3/c1-3-7-15(18-12-17-2)14(16)11-10-13-8-5-4-6-9-13/h3,7,13-16H,4-6,8-9,12H2,1-2H3/b7-3+/t14-,15+/m0/s1. The highest BCUT2D eigenvalue weighted by molar-refractivity contribution is 5.13. The highest BCUT2D eigenvalue weighted by atomic mass is 16.7. The normalized spacial score (nSPS) is 20.4. The van der Waals surface area contributed by atoms with Crippen molar-refractivity contribution >= 4 is 0 Å². The summed E-state index contributed by atoms with van der Waals surface area (Å²) in [6.07, 6.45) is 8.62. The van der Waals surface area contributed by atoms with Crippen LogP contribution in [0.15, 0.2) is 12.2 Å². The van der Waals surface area contributed by atoms with Gasteiger partial charge in [-0.05, 0) is 19.8 Å². The third-order valence-corrected chi connectivity index (χ3v) is 3.11. The van der Waals surface area contributed by atoms with Crippen molar-refractivity contribution in [1.29, 1.82) is 0 Å². The summed E-state index contributed by atoms with van der Waals surface area (Å²) in [6.45, 7) is 2.06. The fourth-order valence-electron chi connectivity index (χ4n) is 2.12. The largest absolute Gasteiger partial charge is 0.377 e. The van der Waals surface area contributed by atoms with Crippen molar-refractivity contribution in [2.24, 2.45) is 5.92 Å². The predicted molar refractivity (Wildman–Crippen MR) is 71.9 cm³/mol. The zero-order valence-electron chi connectivity index (χ0n) is 11.4. The molecule has 1 saturated carbocycles. The third kappa shape index (κ3) is 5.68. The van der Waals surface area contributed by atoms with Crippen LogP contribution in [0.4, 0.5) is 0 Å². The Bertz CT molecular complexity index is 295. The van der Waals surface area contributed by atoms with E-state index in [2.05, 4.69) is 11.8 Å². The second-order valence-electron chi connectivity index (χ2n) is 4.63. The van der Waals surface area contributed by atoms with E-state index in [0.717, 1.165) is 12.8 Å². The summed E-state index contributed by atoms with van der Waals surface area (Å²) in [4.78, 5) is 0. The molecule has 0 aromatic carbocycles. The summed E-state index contributed by atoms with van der Waals surface area (Å²) in [5.41, 5.74) is 0. The maximum atomic E-state index is 9.99. The topological polar surface area (TPSA) is 38.7 Å². The maximum absolute atomic E-state index is 9.99. The van der Waals surface area contributed by atoms with E-state index in [0.29, 0.717) is 5.92 Å². The van der Waals surface area contributed by atoms with Gasteiger partial charge in [0.15, 0.2) is 0 Å². The van der Waals surface area contributed by atoms with Crippen LogP contribution in [-0.2, 0) is 9.47 Å². The molecule has 1 rings (SSSR count). The molecule has 0 aromatic heterocycles. The number of methoxy groups -OCH3 is 1. The van der Waals surface area contributed by atoms with Gasteiger partial charge in [0.25, 0.3) is 0 Å². The van der Waals surface area contributed by atoms with Crippen molar-refractivity contribution in [3.63, 3.8) is 0 Å². The Morgan fingerprint density at radius 2 is 2.06 bits per heavy atom. The van der Waals surface area contributed by atoms with E-state index in [1.165, 1.54) is 19.3 Å². The van der Waals surface area contributed by atoms with Crippen LogP contribution < -0.4 is 0 Å². The van der Waals surface area contributed by atoms with E-state index in [-0.39, 0.29) is 6.79 Å². The van der Waals surface area contributed by atoms with E-state index in [1.807, 2.05) is 13.0 Å². The van der Waals surface area contributed by atoms with Crippen molar-refractivity contribution in [2.45, 2.75) is 51.2 Å². The fraction of sp³-hybridized carbons (Fsp3) is 0.733. The summed E-state index contributed by atoms with van der Waals surface area (Å²) in [5, 5.41) is 9.99. The van der Waals surface area contributed by atoms with Crippen LogP contribution in [-0.4, -0.2) is 31.2 Å². The lowest BCUT2D eigenvalue weighted by Crippen LogP contribution is -2.26. The number of aliphatic hydroxyl groups is 1. The van der Waals surface area contributed by atoms with E-state index in [9.17, 15) is 5.11 Å². The molecule has 2 atom stereocenters. The summed E-state index contributed by atoms with van der Waals surface area (Å²) in [6, 6.07) is 0. The van der Waals surface area contributed by atoms with Crippen molar-refractivity contribution in [3.8, 4) is 11.8 Å². The first kappa shape index (κ1) is 15.2. The number of hydrogen-bond donors (Lipinski definition) is 1. The molecule has 1 N–H and O–H groups in total. The van der Waals surface area contributed by atoms with Gasteiger partial charge in [-0.15, -0.1) is 0 Å². The second-order valence-corrected chi connectivity index (χ2v) is 4.63. The molecule has 3 heteroatoms. The number of hydrogen-bond acceptors (Lipinski definition) is 3. The molecule has 0 heterocycles. The Balaban J connectivity index is 2.48. The predicted octanol–water partition coefficient (Wildman–Crippen LogP) is 2.50. The SMILES string of the molecule is C/C=C/[C@@H](OCOC)[C@@H](O)C#CC1CCCCC1. The van der Waals surface area contributed by atoms with Crippen LogP contribution in [0.1, 0.15) is 39.0 Å². The van der Waals surface area contributed by atoms with Gasteiger partial charge in [-0.2, -0.15) is 0 Å². The molecule has 0 aromatic rings. The van der Waals surface area contributed by atoms with E-state index in [4.69, 9.17) is 9.47 Å². The Kier molecular flexibility index (Phi) is 7.75. The molecular formula is C15H24O3. The van der Waals surface area contributed by atoms with Crippen molar-refractivity contribution in [1.82, 2.24) is 0 Å². The van der Waals surface area contributed by atoms with Gasteiger partial charge >= 0.3 is 0 Å². The average Bonchev–Trinajstić information content (AvgIpc) is 2.42. The Morgan fingerprint density at radius 1 is 1.33 bits per heavy atom. The van der Waals surface area contributed by atoms with Crippen LogP contribution >= 0.6 is 0 Å². The van der Waals surface area contributed by atoms with Gasteiger partial charge in [-0.25, -0.2) is 0 Å². The van der Waals surface area contributed by atoms with Gasteiger partial charge in [0.1, 0.15) is 19.0 Å². The first-order chi connectivity index (χ1) is 8.77. The van der Waals surface area contributed by atoms with Gasteiger partial charge in [0, 0.05) is 13.0 Å². The van der Waals surface area contributed by atoms with Gasteiger partial charge < -0.3 is 14.6 Å². The van der Waals surface area contributed by atoms with Crippen molar-refractivity contribution in [3.05, 3.63) is 12.2 Å². The minimum atomic E-state index is -0.779. The van der Waals surface area contributed by atoms with E-state index >= 15 is 0 Å². The van der Waals surface area contributed by atoms with Gasteiger partial charge in [-0.1, -0.05) is 43.3 Å². The smallest absolute Gasteiger partial charge is 0.147 e. The second kappa shape index (κ2) is 9.16. The van der Waals surface area contributed by atoms with Crippen LogP contribution in [0.3, 0.4) is 0 Å². The molecule has 0 bridgehead atoms. The van der Waals surface area contributed by atoms with Crippen molar-refractivity contribution in [2.75, 3.05) is 13.9 Å². The van der Waals surface area contributed by atoms with Gasteiger partial charge in [0.05, 0.1) is 0 Å². The zero-order chi connectivity index (χ0) is 13.2. The molecule has 1 fully saturated rings. The number of allylic oxidation sites excluding steroid dienone is 1. The highest BCUT2D eigenvalue weighted by Gasteiger charge is 2.15. The van der Waals surface area contributed by atoms with Crippen LogP contribution in [0.25, 0.3) is 0 Å². The molecule has 0 unspecified atom stereocenters. The monoisotopic (exact) mass is 252 g/mol. The van der Waals surface area contributed by atoms with Crippen molar-refractivity contribution < 1.29 is 14.6 Å². The molecule has 0 aliphatic heterocycles. The summed E-state index contributed by atoms with van der Waals surface area (Å²) >= 11 is 0. The minimum Gasteiger partial charge on any atom is -0.377 e. The van der Waals surface area contributed by atoms with Crippen LogP contribution in [0.5, 0.6) is 0 Å². The number of aliphatic hydroxyl groups excluding tert-OH is 1. The third-order valence-electron chi connectivity index (χ3n) is 3.11. The molecule has 1 aliphatic rings. The molecule has 1 aliphatic carbocycles. The highest BCUT2D eigenvalue weighted by Crippen LogP contribution is 2.22. The lowest BCUT2D eigenvalue weighted by molar-refractivity contribution is -0.0816. The molecule has 0 spiro atoms. The lowest BCUT2D eigenvalue weighted by Gasteiger charge is -2.18. The molecular weight excluding hydrogens is 228 g/mol. The molecule has 3 nitrogen and oxygen atoms in total. The minimum absolute atomic E-state index is 0.164. The molecule has 102 valence electrons. The van der Waals surface area contributed by atoms with Crippen LogP contribution in [0, 0.1) is 17.8 Å². The average molecular weight is 252 g/mol. The van der Waals surface area contributed by atoms with Gasteiger partial charge in [-0.3, -0.25) is 0 Å². The summed E-state index contributed by atoms with van der Waals surface area (Å²) in [5.74, 6) is 6.55. The molecule has 0 saturated heterocycles. The zero-order valence-corrected chi connectivity index (χ0v) is 11.4. The maximum Gasteiger partial charge on any atom is 0.147 e. The number of rotatable bonds is 5. The van der Waals surface area contributed by atoms with Gasteiger partial charge in [0.2, 0.25) is 0 Å². The Hall–Kier alpha value is -0.820. The van der Waals surface area contributed by atoms with E-state index in [1.54, 1.807) is 13.2 Å². The Morgan fingerprint density at radius 3 is 2.67 bits per heavy atom. The first-order valence-electron chi connectivity index (χ1n) is 6.70. The fourth-order valence-corrected chi connectivity index (χ4v) is 2.12. The summed E-state index contributed by atoms with van der Waals surface area (Å²) < 4.78 is 10.2. The first-order valence-corrected chi connectivity index (χ1v) is 6.70. The van der Waals surface area contributed by atoms with E-state index < -0.39 is 12.2 Å². The summed E-state index contributed by atoms with van der Waals surface area (Å²) in [7, 11) is 1.56. The van der Waals surface area contributed by atoms with Crippen LogP contribution in [0.2, 0.25) is 0 Å². The molecule has 18 heavy (non-hydrogen) atoms.